The number of hydrogen-bond donors (Lipinski definition) is 0. The zero-order valence-corrected chi connectivity index (χ0v) is 16.1. The van der Waals surface area contributed by atoms with Crippen molar-refractivity contribution in [1.29, 1.82) is 0 Å². The number of halogens is 3. The summed E-state index contributed by atoms with van der Waals surface area (Å²) >= 11 is 0. The molecule has 4 aromatic rings. The number of para-hydroxylation sites is 2. The fourth-order valence-electron chi connectivity index (χ4n) is 3.42. The maximum absolute atomic E-state index is 13.3. The maximum atomic E-state index is 13.3. The number of hydrogen-bond acceptors (Lipinski definition) is 2. The molecule has 0 radical (unpaired) electrons. The van der Waals surface area contributed by atoms with E-state index in [-0.39, 0.29) is 18.0 Å². The minimum atomic E-state index is -4.43. The summed E-state index contributed by atoms with van der Waals surface area (Å²) in [6, 6.07) is 19.7. The Morgan fingerprint density at radius 3 is 2.33 bits per heavy atom. The summed E-state index contributed by atoms with van der Waals surface area (Å²) < 4.78 is 41.6. The minimum absolute atomic E-state index is 0.126. The standard InChI is InChI=1S/C23H18F3N3O/c1-16(30)28(29-15-27-21-8-4-5-9-22(21)29)14-17-10-12-18(13-11-17)19-6-2-3-7-20(19)23(24,25)26/h2-13,15H,14H2,1H3. The Bertz CT molecular complexity index is 1200. The molecule has 7 heteroatoms. The average molecular weight is 409 g/mol. The second kappa shape index (κ2) is 7.67. The molecule has 0 N–H and O–H groups in total. The van der Waals surface area contributed by atoms with Gasteiger partial charge in [0.15, 0.2) is 0 Å². The Morgan fingerprint density at radius 1 is 0.967 bits per heavy atom. The molecule has 0 aliphatic heterocycles. The van der Waals surface area contributed by atoms with Gasteiger partial charge in [0.25, 0.3) is 0 Å². The van der Waals surface area contributed by atoms with Crippen molar-refractivity contribution in [3.63, 3.8) is 0 Å². The number of imidazole rings is 1. The van der Waals surface area contributed by atoms with Crippen molar-refractivity contribution in [3.8, 4) is 11.1 Å². The lowest BCUT2D eigenvalue weighted by Gasteiger charge is -2.23. The second-order valence-electron chi connectivity index (χ2n) is 6.89. The summed E-state index contributed by atoms with van der Waals surface area (Å²) in [6.45, 7) is 1.72. The van der Waals surface area contributed by atoms with Gasteiger partial charge in [0, 0.05) is 6.92 Å². The third-order valence-electron chi connectivity index (χ3n) is 4.89. The van der Waals surface area contributed by atoms with Crippen molar-refractivity contribution in [2.45, 2.75) is 19.6 Å². The molecule has 1 heterocycles. The van der Waals surface area contributed by atoms with Crippen molar-refractivity contribution in [1.82, 2.24) is 9.66 Å². The van der Waals surface area contributed by atoms with Gasteiger partial charge in [0.1, 0.15) is 6.33 Å². The number of carbonyl (C=O) groups excluding carboxylic acids is 1. The van der Waals surface area contributed by atoms with Crippen LogP contribution in [-0.4, -0.2) is 15.6 Å². The van der Waals surface area contributed by atoms with Crippen LogP contribution in [0, 0.1) is 0 Å². The summed E-state index contributed by atoms with van der Waals surface area (Å²) in [5.74, 6) is -0.176. The molecule has 1 aromatic heterocycles. The van der Waals surface area contributed by atoms with Crippen LogP contribution in [-0.2, 0) is 17.5 Å². The van der Waals surface area contributed by atoms with E-state index >= 15 is 0 Å². The number of amides is 1. The van der Waals surface area contributed by atoms with E-state index in [0.29, 0.717) is 5.56 Å². The van der Waals surface area contributed by atoms with E-state index in [0.717, 1.165) is 22.7 Å². The average Bonchev–Trinajstić information content (AvgIpc) is 3.15. The second-order valence-corrected chi connectivity index (χ2v) is 6.89. The van der Waals surface area contributed by atoms with E-state index in [1.165, 1.54) is 24.1 Å². The summed E-state index contributed by atoms with van der Waals surface area (Å²) in [5.41, 5.74) is 2.27. The van der Waals surface area contributed by atoms with Gasteiger partial charge in [0.2, 0.25) is 5.91 Å². The Hall–Kier alpha value is -3.61. The molecule has 3 aromatic carbocycles. The van der Waals surface area contributed by atoms with Crippen LogP contribution in [0.2, 0.25) is 0 Å². The molecule has 0 saturated heterocycles. The highest BCUT2D eigenvalue weighted by Crippen LogP contribution is 2.36. The predicted octanol–water partition coefficient (Wildman–Crippen LogP) is 5.41. The van der Waals surface area contributed by atoms with Crippen molar-refractivity contribution in [2.24, 2.45) is 0 Å². The van der Waals surface area contributed by atoms with E-state index in [1.807, 2.05) is 24.3 Å². The van der Waals surface area contributed by atoms with Crippen LogP contribution in [0.15, 0.2) is 79.1 Å². The molecule has 0 fully saturated rings. The number of rotatable bonds is 4. The number of aromatic nitrogens is 2. The number of fused-ring (bicyclic) bond motifs is 1. The van der Waals surface area contributed by atoms with Crippen LogP contribution in [0.5, 0.6) is 0 Å². The van der Waals surface area contributed by atoms with Gasteiger partial charge in [-0.05, 0) is 34.9 Å². The van der Waals surface area contributed by atoms with Gasteiger partial charge < -0.3 is 0 Å². The summed E-state index contributed by atoms with van der Waals surface area (Å²) in [6.07, 6.45) is -2.84. The largest absolute Gasteiger partial charge is 0.417 e. The molecule has 4 nitrogen and oxygen atoms in total. The number of benzene rings is 3. The quantitative estimate of drug-likeness (QED) is 0.452. The first-order valence-electron chi connectivity index (χ1n) is 9.30. The topological polar surface area (TPSA) is 38.1 Å². The Balaban J connectivity index is 1.64. The van der Waals surface area contributed by atoms with Crippen molar-refractivity contribution >= 4 is 16.9 Å². The normalized spacial score (nSPS) is 11.6. The van der Waals surface area contributed by atoms with Crippen molar-refractivity contribution < 1.29 is 18.0 Å². The van der Waals surface area contributed by atoms with Gasteiger partial charge in [-0.25, -0.2) is 14.7 Å². The minimum Gasteiger partial charge on any atom is -0.273 e. The third-order valence-corrected chi connectivity index (χ3v) is 4.89. The van der Waals surface area contributed by atoms with Gasteiger partial charge >= 0.3 is 6.18 Å². The smallest absolute Gasteiger partial charge is 0.273 e. The van der Waals surface area contributed by atoms with Crippen LogP contribution >= 0.6 is 0 Å². The van der Waals surface area contributed by atoms with Crippen molar-refractivity contribution in [3.05, 3.63) is 90.3 Å². The van der Waals surface area contributed by atoms with Gasteiger partial charge in [0.05, 0.1) is 23.1 Å². The zero-order chi connectivity index (χ0) is 21.3. The Labute approximate surface area is 171 Å². The lowest BCUT2D eigenvalue weighted by molar-refractivity contribution is -0.137. The predicted molar refractivity (Wildman–Crippen MR) is 109 cm³/mol. The number of nitrogens with zero attached hydrogens (tertiary/aromatic N) is 3. The SMILES string of the molecule is CC(=O)N(Cc1ccc(-c2ccccc2C(F)(F)F)cc1)n1cnc2ccccc21. The molecular formula is C23H18F3N3O. The number of carbonyl (C=O) groups is 1. The lowest BCUT2D eigenvalue weighted by atomic mass is 9.98. The van der Waals surface area contributed by atoms with E-state index in [4.69, 9.17) is 0 Å². The van der Waals surface area contributed by atoms with Crippen molar-refractivity contribution in [2.75, 3.05) is 5.01 Å². The molecule has 30 heavy (non-hydrogen) atoms. The van der Waals surface area contributed by atoms with Gasteiger partial charge in [-0.3, -0.25) is 4.79 Å². The molecule has 0 aliphatic carbocycles. The number of alkyl halides is 3. The van der Waals surface area contributed by atoms with E-state index in [2.05, 4.69) is 4.98 Å². The van der Waals surface area contributed by atoms with Gasteiger partial charge in [-0.15, -0.1) is 0 Å². The molecule has 0 saturated carbocycles. The van der Waals surface area contributed by atoms with E-state index < -0.39 is 11.7 Å². The van der Waals surface area contributed by atoms with Crippen LogP contribution in [0.25, 0.3) is 22.2 Å². The lowest BCUT2D eigenvalue weighted by Crippen LogP contribution is -2.37. The fraction of sp³-hybridized carbons (Fsp3) is 0.130. The molecular weight excluding hydrogens is 391 g/mol. The highest BCUT2D eigenvalue weighted by atomic mass is 19.4. The van der Waals surface area contributed by atoms with Crippen LogP contribution in [0.4, 0.5) is 13.2 Å². The Morgan fingerprint density at radius 2 is 1.63 bits per heavy atom. The summed E-state index contributed by atoms with van der Waals surface area (Å²) in [4.78, 5) is 16.6. The summed E-state index contributed by atoms with van der Waals surface area (Å²) in [5, 5.41) is 1.54. The molecule has 4 rings (SSSR count). The summed E-state index contributed by atoms with van der Waals surface area (Å²) in [7, 11) is 0. The first kappa shape index (κ1) is 19.7. The molecule has 152 valence electrons. The van der Waals surface area contributed by atoms with Gasteiger partial charge in [-0.2, -0.15) is 13.2 Å². The monoisotopic (exact) mass is 409 g/mol. The van der Waals surface area contributed by atoms with E-state index in [9.17, 15) is 18.0 Å². The molecule has 0 unspecified atom stereocenters. The third kappa shape index (κ3) is 3.78. The molecule has 1 amide bonds. The highest BCUT2D eigenvalue weighted by molar-refractivity contribution is 5.86. The van der Waals surface area contributed by atoms with E-state index in [1.54, 1.807) is 41.3 Å². The first-order chi connectivity index (χ1) is 14.3. The van der Waals surface area contributed by atoms with Crippen LogP contribution in [0.3, 0.4) is 0 Å². The Kier molecular flexibility index (Phi) is 5.03. The zero-order valence-electron chi connectivity index (χ0n) is 16.1. The maximum Gasteiger partial charge on any atom is 0.417 e. The van der Waals surface area contributed by atoms with Gasteiger partial charge in [-0.1, -0.05) is 54.6 Å². The first-order valence-corrected chi connectivity index (χ1v) is 9.30. The fourth-order valence-corrected chi connectivity index (χ4v) is 3.42. The molecule has 0 spiro atoms. The molecule has 0 bridgehead atoms. The molecule has 0 atom stereocenters. The van der Waals surface area contributed by atoms with Crippen LogP contribution in [0.1, 0.15) is 18.1 Å². The molecule has 0 aliphatic rings. The highest BCUT2D eigenvalue weighted by Gasteiger charge is 2.33. The van der Waals surface area contributed by atoms with Crippen LogP contribution < -0.4 is 5.01 Å².